The first kappa shape index (κ1) is 12.0. The van der Waals surface area contributed by atoms with E-state index in [9.17, 15) is 9.59 Å². The Balaban J connectivity index is 2.80. The van der Waals surface area contributed by atoms with Gasteiger partial charge in [-0.3, -0.25) is 4.79 Å². The molecule has 0 unspecified atom stereocenters. The number of carbonyl (C=O) groups excluding carboxylic acids is 1. The summed E-state index contributed by atoms with van der Waals surface area (Å²) in [5, 5.41) is 11.1. The van der Waals surface area contributed by atoms with Crippen LogP contribution in [0.1, 0.15) is 22.8 Å². The number of rotatable bonds is 3. The Bertz CT molecular complexity index is 432. The summed E-state index contributed by atoms with van der Waals surface area (Å²) >= 11 is 0. The van der Waals surface area contributed by atoms with Crippen molar-refractivity contribution in [1.82, 2.24) is 5.32 Å². The van der Waals surface area contributed by atoms with E-state index in [1.165, 1.54) is 6.08 Å². The fourth-order valence-corrected chi connectivity index (χ4v) is 1.15. The lowest BCUT2D eigenvalue weighted by Gasteiger charge is -2.05. The van der Waals surface area contributed by atoms with Gasteiger partial charge in [0.2, 0.25) is 0 Å². The summed E-state index contributed by atoms with van der Waals surface area (Å²) in [4.78, 5) is 22.3. The van der Waals surface area contributed by atoms with Gasteiger partial charge in [-0.2, -0.15) is 0 Å². The third kappa shape index (κ3) is 2.95. The minimum Gasteiger partial charge on any atom is -0.477 e. The van der Waals surface area contributed by atoms with Gasteiger partial charge < -0.3 is 10.4 Å². The Hall–Kier alpha value is -2.10. The summed E-state index contributed by atoms with van der Waals surface area (Å²) in [6, 6.07) is 6.90. The number of aliphatic carboxylic acids is 1. The quantitative estimate of drug-likeness (QED) is 0.760. The fourth-order valence-electron chi connectivity index (χ4n) is 1.15. The Kier molecular flexibility index (Phi) is 3.83. The zero-order chi connectivity index (χ0) is 12.1. The highest BCUT2D eigenvalue weighted by molar-refractivity contribution is 6.00. The monoisotopic (exact) mass is 219 g/mol. The average molecular weight is 219 g/mol. The van der Waals surface area contributed by atoms with E-state index in [1.54, 1.807) is 31.2 Å². The molecule has 1 aromatic carbocycles. The number of hydrogen-bond donors (Lipinski definition) is 2. The van der Waals surface area contributed by atoms with Gasteiger partial charge in [0, 0.05) is 5.56 Å². The minimum atomic E-state index is -1.15. The number of nitrogens with one attached hydrogen (secondary N) is 1. The third-order valence-electron chi connectivity index (χ3n) is 2.08. The molecular formula is C12H13NO3. The van der Waals surface area contributed by atoms with Crippen molar-refractivity contribution in [2.24, 2.45) is 0 Å². The molecule has 0 radical (unpaired) electrons. The Morgan fingerprint density at radius 3 is 2.25 bits per heavy atom. The number of allylic oxidation sites excluding steroid dienone is 1. The second-order valence-electron chi connectivity index (χ2n) is 3.33. The zero-order valence-corrected chi connectivity index (χ0v) is 9.15. The van der Waals surface area contributed by atoms with Crippen LogP contribution >= 0.6 is 0 Å². The van der Waals surface area contributed by atoms with E-state index in [0.29, 0.717) is 5.56 Å². The molecule has 84 valence electrons. The summed E-state index contributed by atoms with van der Waals surface area (Å²) < 4.78 is 0. The molecule has 2 N–H and O–H groups in total. The highest BCUT2D eigenvalue weighted by Crippen LogP contribution is 2.03. The lowest BCUT2D eigenvalue weighted by molar-refractivity contribution is -0.133. The first-order chi connectivity index (χ1) is 7.54. The predicted molar refractivity (Wildman–Crippen MR) is 60.0 cm³/mol. The lowest BCUT2D eigenvalue weighted by Crippen LogP contribution is -2.27. The van der Waals surface area contributed by atoms with E-state index in [1.807, 2.05) is 6.92 Å². The van der Waals surface area contributed by atoms with Crippen LogP contribution in [0.4, 0.5) is 0 Å². The zero-order valence-electron chi connectivity index (χ0n) is 9.15. The van der Waals surface area contributed by atoms with Crippen LogP contribution in [-0.2, 0) is 4.79 Å². The van der Waals surface area contributed by atoms with Crippen molar-refractivity contribution in [2.75, 3.05) is 0 Å². The summed E-state index contributed by atoms with van der Waals surface area (Å²) in [5.41, 5.74) is 1.36. The van der Waals surface area contributed by atoms with Crippen molar-refractivity contribution in [1.29, 1.82) is 0 Å². The van der Waals surface area contributed by atoms with Gasteiger partial charge in [-0.05, 0) is 26.0 Å². The van der Waals surface area contributed by atoms with E-state index in [0.717, 1.165) is 5.56 Å². The van der Waals surface area contributed by atoms with Gasteiger partial charge in [-0.1, -0.05) is 23.8 Å². The van der Waals surface area contributed by atoms with Crippen LogP contribution in [0.25, 0.3) is 0 Å². The van der Waals surface area contributed by atoms with E-state index in [-0.39, 0.29) is 5.70 Å². The van der Waals surface area contributed by atoms with Crippen molar-refractivity contribution < 1.29 is 14.7 Å². The van der Waals surface area contributed by atoms with Gasteiger partial charge >= 0.3 is 5.97 Å². The molecule has 1 rings (SSSR count). The maximum atomic E-state index is 11.6. The van der Waals surface area contributed by atoms with Crippen LogP contribution in [0.3, 0.4) is 0 Å². The van der Waals surface area contributed by atoms with Crippen LogP contribution in [0.5, 0.6) is 0 Å². The van der Waals surface area contributed by atoms with Crippen LogP contribution < -0.4 is 5.32 Å². The normalized spacial score (nSPS) is 11.0. The SMILES string of the molecule is C/C=C(/NC(=O)c1ccc(C)cc1)C(=O)O. The molecule has 0 bridgehead atoms. The molecule has 4 heteroatoms. The van der Waals surface area contributed by atoms with Gasteiger partial charge in [0.15, 0.2) is 0 Å². The number of benzene rings is 1. The summed E-state index contributed by atoms with van der Waals surface area (Å²) in [5.74, 6) is -1.57. The first-order valence-corrected chi connectivity index (χ1v) is 4.82. The number of hydrogen-bond acceptors (Lipinski definition) is 2. The molecule has 0 saturated heterocycles. The molecular weight excluding hydrogens is 206 g/mol. The maximum Gasteiger partial charge on any atom is 0.352 e. The number of carbonyl (C=O) groups is 2. The molecule has 16 heavy (non-hydrogen) atoms. The topological polar surface area (TPSA) is 66.4 Å². The highest BCUT2D eigenvalue weighted by Gasteiger charge is 2.11. The molecule has 0 saturated carbocycles. The molecule has 0 heterocycles. The van der Waals surface area contributed by atoms with Crippen molar-refractivity contribution in [2.45, 2.75) is 13.8 Å². The molecule has 0 atom stereocenters. The standard InChI is InChI=1S/C12H13NO3/c1-3-10(12(15)16)13-11(14)9-6-4-8(2)5-7-9/h3-7H,1-2H3,(H,13,14)(H,15,16)/b10-3+. The van der Waals surface area contributed by atoms with Gasteiger partial charge in [0.05, 0.1) is 0 Å². The van der Waals surface area contributed by atoms with Gasteiger partial charge in [0.1, 0.15) is 5.70 Å². The first-order valence-electron chi connectivity index (χ1n) is 4.82. The molecule has 0 spiro atoms. The maximum absolute atomic E-state index is 11.6. The van der Waals surface area contributed by atoms with Gasteiger partial charge in [0.25, 0.3) is 5.91 Å². The van der Waals surface area contributed by atoms with Crippen molar-refractivity contribution in [3.05, 3.63) is 47.2 Å². The Labute approximate surface area is 93.6 Å². The molecule has 0 aliphatic rings. The van der Waals surface area contributed by atoms with E-state index in [4.69, 9.17) is 5.11 Å². The minimum absolute atomic E-state index is 0.120. The van der Waals surface area contributed by atoms with Crippen molar-refractivity contribution in [3.8, 4) is 0 Å². The summed E-state index contributed by atoms with van der Waals surface area (Å²) in [7, 11) is 0. The second kappa shape index (κ2) is 5.11. The lowest BCUT2D eigenvalue weighted by atomic mass is 10.1. The van der Waals surface area contributed by atoms with E-state index < -0.39 is 11.9 Å². The number of amides is 1. The molecule has 0 aliphatic carbocycles. The molecule has 0 fully saturated rings. The number of aryl methyl sites for hydroxylation is 1. The molecule has 4 nitrogen and oxygen atoms in total. The van der Waals surface area contributed by atoms with Crippen LogP contribution in [0.2, 0.25) is 0 Å². The number of carboxylic acids is 1. The average Bonchev–Trinajstić information content (AvgIpc) is 2.26. The summed E-state index contributed by atoms with van der Waals surface area (Å²) in [6.45, 7) is 3.47. The van der Waals surface area contributed by atoms with Gasteiger partial charge in [-0.25, -0.2) is 4.79 Å². The van der Waals surface area contributed by atoms with E-state index >= 15 is 0 Å². The summed E-state index contributed by atoms with van der Waals surface area (Å²) in [6.07, 6.45) is 1.34. The fraction of sp³-hybridized carbons (Fsp3) is 0.167. The molecule has 0 aliphatic heterocycles. The number of carboxylic acid groups (broad SMARTS) is 1. The smallest absolute Gasteiger partial charge is 0.352 e. The largest absolute Gasteiger partial charge is 0.477 e. The Morgan fingerprint density at radius 1 is 1.25 bits per heavy atom. The van der Waals surface area contributed by atoms with E-state index in [2.05, 4.69) is 5.32 Å². The van der Waals surface area contributed by atoms with Crippen LogP contribution in [-0.4, -0.2) is 17.0 Å². The predicted octanol–water partition coefficient (Wildman–Crippen LogP) is 1.71. The Morgan fingerprint density at radius 2 is 1.81 bits per heavy atom. The third-order valence-corrected chi connectivity index (χ3v) is 2.08. The second-order valence-corrected chi connectivity index (χ2v) is 3.33. The van der Waals surface area contributed by atoms with Crippen molar-refractivity contribution in [3.63, 3.8) is 0 Å². The van der Waals surface area contributed by atoms with Crippen LogP contribution in [0.15, 0.2) is 36.0 Å². The molecule has 1 amide bonds. The van der Waals surface area contributed by atoms with Gasteiger partial charge in [-0.15, -0.1) is 0 Å². The molecule has 1 aromatic rings. The van der Waals surface area contributed by atoms with Crippen LogP contribution in [0, 0.1) is 6.92 Å². The molecule has 0 aromatic heterocycles. The van der Waals surface area contributed by atoms with Crippen molar-refractivity contribution >= 4 is 11.9 Å². The highest BCUT2D eigenvalue weighted by atomic mass is 16.4.